The molecule has 8 nitrogen and oxygen atoms in total. The molecule has 1 fully saturated rings. The summed E-state index contributed by atoms with van der Waals surface area (Å²) < 4.78 is 11.0. The minimum Gasteiger partial charge on any atom is -0.379 e. The molecule has 28 heavy (non-hydrogen) atoms. The third-order valence-electron chi connectivity index (χ3n) is 3.98. The summed E-state index contributed by atoms with van der Waals surface area (Å²) in [5.74, 6) is 1.20. The van der Waals surface area contributed by atoms with E-state index in [1.165, 1.54) is 0 Å². The molecule has 1 unspecified atom stereocenters. The lowest BCUT2D eigenvalue weighted by atomic mass is 10.3. The largest absolute Gasteiger partial charge is 0.379 e. The number of hydrogen-bond acceptors (Lipinski definition) is 5. The number of rotatable bonds is 10. The van der Waals surface area contributed by atoms with Crippen molar-refractivity contribution in [1.82, 2.24) is 15.6 Å². The number of nitrogens with one attached hydrogen (secondary N) is 3. The lowest BCUT2D eigenvalue weighted by Crippen LogP contribution is -2.38. The zero-order valence-electron chi connectivity index (χ0n) is 16.7. The van der Waals surface area contributed by atoms with Gasteiger partial charge >= 0.3 is 0 Å². The number of aliphatic imine (C=N–C) groups is 1. The smallest absolute Gasteiger partial charge is 0.227 e. The van der Waals surface area contributed by atoms with E-state index in [0.29, 0.717) is 44.5 Å². The van der Waals surface area contributed by atoms with Crippen LogP contribution in [-0.4, -0.2) is 62.4 Å². The van der Waals surface area contributed by atoms with Gasteiger partial charge in [-0.3, -0.25) is 9.79 Å². The van der Waals surface area contributed by atoms with Gasteiger partial charge in [0.2, 0.25) is 5.91 Å². The van der Waals surface area contributed by atoms with Crippen molar-refractivity contribution in [1.29, 1.82) is 0 Å². The van der Waals surface area contributed by atoms with E-state index in [1.54, 1.807) is 12.3 Å². The van der Waals surface area contributed by atoms with Gasteiger partial charge < -0.3 is 25.4 Å². The Bertz CT molecular complexity index is 592. The highest BCUT2D eigenvalue weighted by Crippen LogP contribution is 2.08. The molecule has 0 saturated carbocycles. The molecule has 1 aromatic rings. The summed E-state index contributed by atoms with van der Waals surface area (Å²) in [5.41, 5.74) is 1.06. The Hall–Kier alpha value is -1.46. The summed E-state index contributed by atoms with van der Waals surface area (Å²) in [6.45, 7) is 8.08. The Labute approximate surface area is 184 Å². The topological polar surface area (TPSA) is 96.9 Å². The number of aromatic nitrogens is 1. The van der Waals surface area contributed by atoms with Crippen LogP contribution < -0.4 is 16.0 Å². The average Bonchev–Trinajstić information content (AvgIpc) is 3.17. The van der Waals surface area contributed by atoms with Crippen LogP contribution in [0.2, 0.25) is 0 Å². The molecule has 3 N–H and O–H groups in total. The number of anilines is 1. The summed E-state index contributed by atoms with van der Waals surface area (Å²) in [4.78, 5) is 20.7. The van der Waals surface area contributed by atoms with Crippen LogP contribution in [0.1, 0.15) is 31.7 Å². The van der Waals surface area contributed by atoms with Crippen LogP contribution >= 0.6 is 24.0 Å². The molecule has 0 bridgehead atoms. The van der Waals surface area contributed by atoms with Crippen molar-refractivity contribution >= 4 is 41.7 Å². The van der Waals surface area contributed by atoms with Crippen molar-refractivity contribution < 1.29 is 14.3 Å². The fourth-order valence-electron chi connectivity index (χ4n) is 2.53. The predicted octanol–water partition coefficient (Wildman–Crippen LogP) is 2.09. The third kappa shape index (κ3) is 10.2. The average molecular weight is 505 g/mol. The predicted molar refractivity (Wildman–Crippen MR) is 121 cm³/mol. The molecule has 1 atom stereocenters. The number of amides is 1. The Morgan fingerprint density at radius 1 is 1.39 bits per heavy atom. The summed E-state index contributed by atoms with van der Waals surface area (Å²) in [7, 11) is 0. The summed E-state index contributed by atoms with van der Waals surface area (Å²) >= 11 is 0. The summed E-state index contributed by atoms with van der Waals surface area (Å²) in [5, 5.41) is 9.14. The number of ether oxygens (including phenoxy) is 2. The second-order valence-electron chi connectivity index (χ2n) is 6.42. The second kappa shape index (κ2) is 14.5. The van der Waals surface area contributed by atoms with Crippen LogP contribution in [0.4, 0.5) is 5.82 Å². The van der Waals surface area contributed by atoms with E-state index in [0.717, 1.165) is 31.6 Å². The van der Waals surface area contributed by atoms with Gasteiger partial charge in [0.05, 0.1) is 12.7 Å². The maximum Gasteiger partial charge on any atom is 0.227 e. The quantitative estimate of drug-likeness (QED) is 0.195. The number of carbonyl (C=O) groups is 1. The van der Waals surface area contributed by atoms with Crippen LogP contribution in [0.5, 0.6) is 0 Å². The molecule has 1 aromatic heterocycles. The van der Waals surface area contributed by atoms with Crippen molar-refractivity contribution in [3.8, 4) is 0 Å². The van der Waals surface area contributed by atoms with E-state index < -0.39 is 0 Å². The Morgan fingerprint density at radius 3 is 2.93 bits per heavy atom. The van der Waals surface area contributed by atoms with Crippen LogP contribution in [0.3, 0.4) is 0 Å². The highest BCUT2D eigenvalue weighted by Gasteiger charge is 2.15. The number of pyridine rings is 1. The normalized spacial score (nSPS) is 16.4. The zero-order chi connectivity index (χ0) is 19.3. The number of guanidine groups is 1. The number of halogens is 1. The molecule has 0 aromatic carbocycles. The van der Waals surface area contributed by atoms with Gasteiger partial charge in [-0.25, -0.2) is 4.98 Å². The fraction of sp³-hybridized carbons (Fsp3) is 0.632. The van der Waals surface area contributed by atoms with Gasteiger partial charge in [-0.2, -0.15) is 0 Å². The van der Waals surface area contributed by atoms with E-state index in [1.807, 2.05) is 19.9 Å². The highest BCUT2D eigenvalue weighted by atomic mass is 127. The van der Waals surface area contributed by atoms with Gasteiger partial charge in [-0.15, -0.1) is 24.0 Å². The molecule has 2 heterocycles. The van der Waals surface area contributed by atoms with Crippen molar-refractivity contribution in [2.24, 2.45) is 4.99 Å². The van der Waals surface area contributed by atoms with E-state index in [4.69, 9.17) is 9.47 Å². The van der Waals surface area contributed by atoms with Crippen molar-refractivity contribution in [2.45, 2.75) is 39.2 Å². The molecular weight excluding hydrogens is 473 g/mol. The number of hydrogen-bond donors (Lipinski definition) is 3. The number of aryl methyl sites for hydroxylation is 1. The van der Waals surface area contributed by atoms with Crippen molar-refractivity contribution in [3.05, 3.63) is 23.9 Å². The molecule has 2 rings (SSSR count). The van der Waals surface area contributed by atoms with Gasteiger partial charge in [0.1, 0.15) is 5.82 Å². The monoisotopic (exact) mass is 505 g/mol. The molecule has 1 aliphatic heterocycles. The minimum absolute atomic E-state index is 0. The SMILES string of the molecule is CCNC(=NCCCOC1CCOC1)NCCC(=O)Nc1ccc(C)cn1.I. The number of carbonyl (C=O) groups excluding carboxylic acids is 1. The van der Waals surface area contributed by atoms with E-state index in [-0.39, 0.29) is 36.0 Å². The maximum atomic E-state index is 12.0. The van der Waals surface area contributed by atoms with Gasteiger partial charge in [-0.05, 0) is 38.3 Å². The third-order valence-corrected chi connectivity index (χ3v) is 3.98. The molecule has 0 spiro atoms. The second-order valence-corrected chi connectivity index (χ2v) is 6.42. The standard InChI is InChI=1S/C19H31N5O3.HI/c1-3-20-19(21-9-4-11-27-16-8-12-26-14-16)22-10-7-18(25)24-17-6-5-15(2)13-23-17;/h5-6,13,16H,3-4,7-12,14H2,1-2H3,(H2,20,21,22)(H,23,24,25);1H. The minimum atomic E-state index is -0.0816. The molecule has 0 aliphatic carbocycles. The van der Waals surface area contributed by atoms with Crippen LogP contribution in [0.15, 0.2) is 23.3 Å². The van der Waals surface area contributed by atoms with Crippen LogP contribution in [0, 0.1) is 6.92 Å². The molecule has 1 amide bonds. The Balaban J connectivity index is 0.00000392. The lowest BCUT2D eigenvalue weighted by Gasteiger charge is -2.12. The first-order chi connectivity index (χ1) is 13.2. The molecule has 0 radical (unpaired) electrons. The molecule has 158 valence electrons. The zero-order valence-corrected chi connectivity index (χ0v) is 19.0. The number of nitrogens with zero attached hydrogens (tertiary/aromatic N) is 2. The van der Waals surface area contributed by atoms with Gasteiger partial charge in [0.25, 0.3) is 0 Å². The Kier molecular flexibility index (Phi) is 12.8. The molecule has 1 saturated heterocycles. The van der Waals surface area contributed by atoms with Crippen molar-refractivity contribution in [2.75, 3.05) is 44.8 Å². The molecular formula is C19H32IN5O3. The first-order valence-electron chi connectivity index (χ1n) is 9.61. The van der Waals surface area contributed by atoms with E-state index in [2.05, 4.69) is 25.9 Å². The van der Waals surface area contributed by atoms with Gasteiger partial charge in [0.15, 0.2) is 5.96 Å². The fourth-order valence-corrected chi connectivity index (χ4v) is 2.53. The van der Waals surface area contributed by atoms with Crippen LogP contribution in [-0.2, 0) is 14.3 Å². The molecule has 9 heteroatoms. The van der Waals surface area contributed by atoms with Crippen molar-refractivity contribution in [3.63, 3.8) is 0 Å². The molecule has 1 aliphatic rings. The maximum absolute atomic E-state index is 12.0. The van der Waals surface area contributed by atoms with Crippen LogP contribution in [0.25, 0.3) is 0 Å². The first kappa shape index (κ1) is 24.6. The lowest BCUT2D eigenvalue weighted by molar-refractivity contribution is -0.116. The Morgan fingerprint density at radius 2 is 2.25 bits per heavy atom. The first-order valence-corrected chi connectivity index (χ1v) is 9.61. The van der Waals surface area contributed by atoms with Gasteiger partial charge in [0, 0.05) is 45.5 Å². The van der Waals surface area contributed by atoms with E-state index >= 15 is 0 Å². The van der Waals surface area contributed by atoms with Gasteiger partial charge in [-0.1, -0.05) is 6.07 Å². The van der Waals surface area contributed by atoms with E-state index in [9.17, 15) is 4.79 Å². The summed E-state index contributed by atoms with van der Waals surface area (Å²) in [6.07, 6.45) is 4.14. The highest BCUT2D eigenvalue weighted by molar-refractivity contribution is 14.0. The summed E-state index contributed by atoms with van der Waals surface area (Å²) in [6, 6.07) is 3.71.